The summed E-state index contributed by atoms with van der Waals surface area (Å²) >= 11 is 13.4. The van der Waals surface area contributed by atoms with Crippen molar-refractivity contribution >= 4 is 51.5 Å². The SMILES string of the molecule is Cc1[nH]c(C(=O)N[C@@H]2CCN(c3nc(-c4ncnn4C)c(C(=O)O)s3)C[C@@H]2C)c(Cl)c1Cl. The van der Waals surface area contributed by atoms with Crippen molar-refractivity contribution in [3.05, 3.63) is 32.6 Å². The van der Waals surface area contributed by atoms with Gasteiger partial charge in [0, 0.05) is 31.9 Å². The van der Waals surface area contributed by atoms with Crippen LogP contribution in [0.4, 0.5) is 5.13 Å². The largest absolute Gasteiger partial charge is 0.477 e. The van der Waals surface area contributed by atoms with Crippen molar-refractivity contribution in [1.82, 2.24) is 30.0 Å². The molecule has 1 amide bonds. The molecule has 0 bridgehead atoms. The minimum atomic E-state index is -1.06. The van der Waals surface area contributed by atoms with E-state index in [0.29, 0.717) is 46.9 Å². The predicted octanol–water partition coefficient (Wildman–Crippen LogP) is 3.22. The second kappa shape index (κ2) is 8.72. The highest BCUT2D eigenvalue weighted by molar-refractivity contribution is 7.17. The lowest BCUT2D eigenvalue weighted by Gasteiger charge is -2.37. The van der Waals surface area contributed by atoms with Gasteiger partial charge in [0.2, 0.25) is 0 Å². The fourth-order valence-corrected chi connectivity index (χ4v) is 5.11. The minimum Gasteiger partial charge on any atom is -0.477 e. The smallest absolute Gasteiger partial charge is 0.348 e. The molecule has 32 heavy (non-hydrogen) atoms. The van der Waals surface area contributed by atoms with Crippen LogP contribution < -0.4 is 10.2 Å². The Labute approximate surface area is 197 Å². The van der Waals surface area contributed by atoms with E-state index in [9.17, 15) is 14.7 Å². The van der Waals surface area contributed by atoms with Crippen LogP contribution in [0.3, 0.4) is 0 Å². The van der Waals surface area contributed by atoms with Crippen LogP contribution in [0, 0.1) is 12.8 Å². The molecule has 170 valence electrons. The summed E-state index contributed by atoms with van der Waals surface area (Å²) < 4.78 is 1.50. The minimum absolute atomic E-state index is 0.0747. The topological polar surface area (TPSA) is 129 Å². The molecule has 0 aromatic carbocycles. The number of carbonyl (C=O) groups excluding carboxylic acids is 1. The fraction of sp³-hybridized carbons (Fsp3) is 0.421. The van der Waals surface area contributed by atoms with Gasteiger partial charge in [0.25, 0.3) is 5.91 Å². The van der Waals surface area contributed by atoms with Gasteiger partial charge in [0.05, 0.1) is 10.0 Å². The molecule has 4 heterocycles. The third-order valence-corrected chi connectivity index (χ3v) is 7.56. The fourth-order valence-electron chi connectivity index (χ4n) is 3.75. The number of anilines is 1. The van der Waals surface area contributed by atoms with E-state index in [0.717, 1.165) is 11.3 Å². The summed E-state index contributed by atoms with van der Waals surface area (Å²) in [6.45, 7) is 4.99. The standard InChI is InChI=1S/C19H21Cl2N7O3S/c1-8-6-28(5-4-10(8)25-17(29)13-12(21)11(20)9(2)24-13)19-26-14(15(32-19)18(30)31)16-22-7-23-27(16)3/h7-8,10,24H,4-6H2,1-3H3,(H,25,29)(H,30,31)/t8-,10+/m0/s1. The lowest BCUT2D eigenvalue weighted by Crippen LogP contribution is -2.50. The maximum atomic E-state index is 12.7. The van der Waals surface area contributed by atoms with Crippen LogP contribution in [-0.2, 0) is 7.05 Å². The summed E-state index contributed by atoms with van der Waals surface area (Å²) in [7, 11) is 1.69. The molecule has 2 atom stereocenters. The van der Waals surface area contributed by atoms with E-state index in [2.05, 4.69) is 25.4 Å². The highest BCUT2D eigenvalue weighted by atomic mass is 35.5. The summed E-state index contributed by atoms with van der Waals surface area (Å²) in [5.41, 5.74) is 1.19. The van der Waals surface area contributed by atoms with Crippen molar-refractivity contribution in [2.75, 3.05) is 18.0 Å². The lowest BCUT2D eigenvalue weighted by molar-refractivity contribution is 0.0702. The van der Waals surface area contributed by atoms with Crippen molar-refractivity contribution in [2.24, 2.45) is 13.0 Å². The number of aromatic amines is 1. The summed E-state index contributed by atoms with van der Waals surface area (Å²) in [5, 5.41) is 17.8. The summed E-state index contributed by atoms with van der Waals surface area (Å²) in [4.78, 5) is 38.2. The van der Waals surface area contributed by atoms with E-state index in [1.807, 2.05) is 11.8 Å². The van der Waals surface area contributed by atoms with Gasteiger partial charge >= 0.3 is 5.97 Å². The van der Waals surface area contributed by atoms with Gasteiger partial charge in [0.1, 0.15) is 22.6 Å². The Morgan fingerprint density at radius 1 is 1.34 bits per heavy atom. The van der Waals surface area contributed by atoms with Gasteiger partial charge in [-0.3, -0.25) is 4.79 Å². The van der Waals surface area contributed by atoms with Crippen LogP contribution in [0.1, 0.15) is 39.2 Å². The van der Waals surface area contributed by atoms with Crippen LogP contribution in [0.15, 0.2) is 6.33 Å². The van der Waals surface area contributed by atoms with Crippen LogP contribution in [0.5, 0.6) is 0 Å². The van der Waals surface area contributed by atoms with Crippen LogP contribution in [0.2, 0.25) is 10.0 Å². The molecule has 1 saturated heterocycles. The highest BCUT2D eigenvalue weighted by Gasteiger charge is 2.32. The number of H-pyrrole nitrogens is 1. The van der Waals surface area contributed by atoms with Crippen molar-refractivity contribution in [1.29, 1.82) is 0 Å². The molecule has 3 aromatic heterocycles. The normalized spacial score (nSPS) is 18.7. The summed E-state index contributed by atoms with van der Waals surface area (Å²) in [5.74, 6) is -0.869. The van der Waals surface area contributed by atoms with Gasteiger partial charge in [-0.05, 0) is 19.3 Å². The predicted molar refractivity (Wildman–Crippen MR) is 122 cm³/mol. The molecule has 0 radical (unpaired) electrons. The van der Waals surface area contributed by atoms with Crippen molar-refractivity contribution in [3.63, 3.8) is 0 Å². The van der Waals surface area contributed by atoms with E-state index < -0.39 is 5.97 Å². The lowest BCUT2D eigenvalue weighted by atomic mass is 9.94. The number of hydrogen-bond acceptors (Lipinski definition) is 7. The number of hydrogen-bond donors (Lipinski definition) is 3. The number of nitrogens with one attached hydrogen (secondary N) is 2. The Hall–Kier alpha value is -2.63. The van der Waals surface area contributed by atoms with Crippen LogP contribution >= 0.6 is 34.5 Å². The summed E-state index contributed by atoms with van der Waals surface area (Å²) in [6.07, 6.45) is 2.03. The van der Waals surface area contributed by atoms with E-state index in [1.54, 1.807) is 14.0 Å². The molecule has 3 N–H and O–H groups in total. The quantitative estimate of drug-likeness (QED) is 0.493. The molecule has 0 saturated carbocycles. The number of carboxylic acid groups (broad SMARTS) is 1. The molecule has 10 nitrogen and oxygen atoms in total. The molecule has 0 aliphatic carbocycles. The number of aromatic nitrogens is 5. The second-order valence-electron chi connectivity index (χ2n) is 7.73. The molecule has 1 fully saturated rings. The maximum Gasteiger partial charge on any atom is 0.348 e. The first-order valence-electron chi connectivity index (χ1n) is 9.85. The molecule has 1 aliphatic heterocycles. The van der Waals surface area contributed by atoms with Gasteiger partial charge in [0.15, 0.2) is 11.0 Å². The monoisotopic (exact) mass is 497 g/mol. The Morgan fingerprint density at radius 3 is 2.66 bits per heavy atom. The van der Waals surface area contributed by atoms with E-state index >= 15 is 0 Å². The van der Waals surface area contributed by atoms with Crippen molar-refractivity contribution in [3.8, 4) is 11.5 Å². The number of thiazole rings is 1. The third-order valence-electron chi connectivity index (χ3n) is 5.51. The second-order valence-corrected chi connectivity index (χ2v) is 9.46. The molecule has 4 rings (SSSR count). The Bertz CT molecular complexity index is 1190. The zero-order chi connectivity index (χ0) is 23.2. The first-order valence-corrected chi connectivity index (χ1v) is 11.4. The number of carboxylic acids is 1. The number of nitrogens with zero attached hydrogens (tertiary/aromatic N) is 5. The van der Waals surface area contributed by atoms with E-state index in [1.165, 1.54) is 11.0 Å². The zero-order valence-corrected chi connectivity index (χ0v) is 19.8. The number of aryl methyl sites for hydroxylation is 2. The molecule has 3 aromatic rings. The first kappa shape index (κ1) is 22.6. The number of aromatic carboxylic acids is 1. The number of halogens is 2. The average molecular weight is 498 g/mol. The number of amides is 1. The average Bonchev–Trinajstić information content (AvgIpc) is 3.43. The van der Waals surface area contributed by atoms with E-state index in [4.69, 9.17) is 23.2 Å². The summed E-state index contributed by atoms with van der Waals surface area (Å²) in [6, 6.07) is -0.0747. The van der Waals surface area contributed by atoms with E-state index in [-0.39, 0.29) is 33.5 Å². The van der Waals surface area contributed by atoms with Gasteiger partial charge in [-0.1, -0.05) is 41.5 Å². The zero-order valence-electron chi connectivity index (χ0n) is 17.5. The van der Waals surface area contributed by atoms with Crippen molar-refractivity contribution < 1.29 is 14.7 Å². The number of rotatable bonds is 5. The molecule has 0 unspecified atom stereocenters. The Morgan fingerprint density at radius 2 is 2.09 bits per heavy atom. The van der Waals surface area contributed by atoms with Gasteiger partial charge in [-0.2, -0.15) is 5.10 Å². The van der Waals surface area contributed by atoms with Gasteiger partial charge in [-0.15, -0.1) is 0 Å². The maximum absolute atomic E-state index is 12.7. The van der Waals surface area contributed by atoms with Gasteiger partial charge < -0.3 is 20.3 Å². The van der Waals surface area contributed by atoms with Crippen LogP contribution in [0.25, 0.3) is 11.5 Å². The van der Waals surface area contributed by atoms with Gasteiger partial charge in [-0.25, -0.2) is 19.4 Å². The highest BCUT2D eigenvalue weighted by Crippen LogP contribution is 2.34. The molecular formula is C19H21Cl2N7O3S. The number of piperidine rings is 1. The van der Waals surface area contributed by atoms with Crippen molar-refractivity contribution in [2.45, 2.75) is 26.3 Å². The third kappa shape index (κ3) is 4.07. The van der Waals surface area contributed by atoms with Crippen LogP contribution in [-0.4, -0.2) is 60.8 Å². The molecule has 1 aliphatic rings. The Kier molecular flexibility index (Phi) is 6.15. The number of carbonyl (C=O) groups is 2. The Balaban J connectivity index is 1.49. The molecule has 13 heteroatoms. The molecular weight excluding hydrogens is 477 g/mol. The molecule has 0 spiro atoms. The first-order chi connectivity index (χ1) is 15.2.